The highest BCUT2D eigenvalue weighted by Gasteiger charge is 2.26. The van der Waals surface area contributed by atoms with E-state index in [2.05, 4.69) is 0 Å². The molecule has 4 nitrogen and oxygen atoms in total. The molecule has 0 saturated heterocycles. The molecule has 0 aliphatic carbocycles. The molecular formula is C13H21NO3S. The molecule has 1 aromatic carbocycles. The smallest absolute Gasteiger partial charge is 0.183 e. The Hall–Kier alpha value is -1.23. The van der Waals surface area contributed by atoms with Crippen molar-refractivity contribution in [2.45, 2.75) is 37.3 Å². The highest BCUT2D eigenvalue weighted by Crippen LogP contribution is 2.29. The second-order valence-corrected chi connectivity index (χ2v) is 7.22. The maximum absolute atomic E-state index is 12.4. The number of nitrogens with two attached hydrogens (primary N) is 1. The number of benzene rings is 1. The number of hydrogen-bond donors (Lipinski definition) is 1. The van der Waals surface area contributed by atoms with E-state index < -0.39 is 15.1 Å². The molecule has 0 heterocycles. The molecule has 0 aliphatic heterocycles. The normalized spacial score (nSPS) is 13.6. The fraction of sp³-hybridized carbons (Fsp3) is 0.538. The van der Waals surface area contributed by atoms with Gasteiger partial charge in [0.1, 0.15) is 5.75 Å². The standard InChI is InChI=1S/C13H21NO3S/c1-9(2)7-10(3)18(15,16)13-8-11(17-4)5-6-12(13)14/h5-6,8-10H,7,14H2,1-4H3. The van der Waals surface area contributed by atoms with E-state index in [-0.39, 0.29) is 10.6 Å². The van der Waals surface area contributed by atoms with Crippen LogP contribution >= 0.6 is 0 Å². The lowest BCUT2D eigenvalue weighted by Crippen LogP contribution is -2.21. The lowest BCUT2D eigenvalue weighted by molar-refractivity contribution is 0.413. The van der Waals surface area contributed by atoms with Gasteiger partial charge in [0.2, 0.25) is 0 Å². The number of hydrogen-bond acceptors (Lipinski definition) is 4. The molecule has 0 amide bonds. The van der Waals surface area contributed by atoms with Crippen LogP contribution in [0.4, 0.5) is 5.69 Å². The lowest BCUT2D eigenvalue weighted by atomic mass is 10.1. The van der Waals surface area contributed by atoms with Gasteiger partial charge in [0.15, 0.2) is 9.84 Å². The van der Waals surface area contributed by atoms with Crippen molar-refractivity contribution in [3.63, 3.8) is 0 Å². The quantitative estimate of drug-likeness (QED) is 0.835. The monoisotopic (exact) mass is 271 g/mol. The number of ether oxygens (including phenoxy) is 1. The minimum absolute atomic E-state index is 0.162. The van der Waals surface area contributed by atoms with Gasteiger partial charge in [-0.25, -0.2) is 8.42 Å². The van der Waals surface area contributed by atoms with Crippen molar-refractivity contribution in [1.82, 2.24) is 0 Å². The topological polar surface area (TPSA) is 69.4 Å². The molecule has 0 saturated carbocycles. The molecule has 0 aromatic heterocycles. The van der Waals surface area contributed by atoms with Crippen molar-refractivity contribution < 1.29 is 13.2 Å². The second kappa shape index (κ2) is 5.61. The van der Waals surface area contributed by atoms with Crippen LogP contribution in [0.25, 0.3) is 0 Å². The van der Waals surface area contributed by atoms with Crippen LogP contribution in [0.1, 0.15) is 27.2 Å². The maximum Gasteiger partial charge on any atom is 0.183 e. The fourth-order valence-electron chi connectivity index (χ4n) is 1.90. The minimum Gasteiger partial charge on any atom is -0.497 e. The summed E-state index contributed by atoms with van der Waals surface area (Å²) in [6.07, 6.45) is 0.610. The van der Waals surface area contributed by atoms with Crippen molar-refractivity contribution in [3.8, 4) is 5.75 Å². The summed E-state index contributed by atoms with van der Waals surface area (Å²) in [5, 5.41) is -0.452. The van der Waals surface area contributed by atoms with E-state index in [4.69, 9.17) is 10.5 Å². The Bertz CT molecular complexity index is 509. The summed E-state index contributed by atoms with van der Waals surface area (Å²) in [7, 11) is -1.90. The molecule has 18 heavy (non-hydrogen) atoms. The predicted molar refractivity (Wildman–Crippen MR) is 73.5 cm³/mol. The van der Waals surface area contributed by atoms with E-state index in [1.165, 1.54) is 13.2 Å². The number of methoxy groups -OCH3 is 1. The van der Waals surface area contributed by atoms with Gasteiger partial charge in [0.25, 0.3) is 0 Å². The Balaban J connectivity index is 3.19. The van der Waals surface area contributed by atoms with E-state index >= 15 is 0 Å². The summed E-state index contributed by atoms with van der Waals surface area (Å²) in [6.45, 7) is 5.72. The van der Waals surface area contributed by atoms with E-state index in [0.717, 1.165) is 0 Å². The highest BCUT2D eigenvalue weighted by molar-refractivity contribution is 7.92. The summed E-state index contributed by atoms with van der Waals surface area (Å²) in [5.41, 5.74) is 6.03. The first-order chi connectivity index (χ1) is 8.28. The highest BCUT2D eigenvalue weighted by atomic mass is 32.2. The third kappa shape index (κ3) is 3.16. The summed E-state index contributed by atoms with van der Waals surface area (Å²) < 4.78 is 29.9. The van der Waals surface area contributed by atoms with Crippen LogP contribution in [0.15, 0.2) is 23.1 Å². The number of rotatable bonds is 5. The lowest BCUT2D eigenvalue weighted by Gasteiger charge is -2.17. The third-order valence-corrected chi connectivity index (χ3v) is 5.08. The molecule has 1 atom stereocenters. The van der Waals surface area contributed by atoms with Gasteiger partial charge >= 0.3 is 0 Å². The molecule has 0 aliphatic rings. The Morgan fingerprint density at radius 1 is 1.28 bits per heavy atom. The van der Waals surface area contributed by atoms with E-state index in [0.29, 0.717) is 18.1 Å². The van der Waals surface area contributed by atoms with Crippen LogP contribution in [0, 0.1) is 5.92 Å². The largest absolute Gasteiger partial charge is 0.497 e. The van der Waals surface area contributed by atoms with Crippen molar-refractivity contribution in [2.24, 2.45) is 5.92 Å². The molecular weight excluding hydrogens is 250 g/mol. The maximum atomic E-state index is 12.4. The van der Waals surface area contributed by atoms with E-state index in [1.807, 2.05) is 13.8 Å². The van der Waals surface area contributed by atoms with Crippen molar-refractivity contribution in [3.05, 3.63) is 18.2 Å². The third-order valence-electron chi connectivity index (χ3n) is 2.86. The van der Waals surface area contributed by atoms with Crippen molar-refractivity contribution >= 4 is 15.5 Å². The summed E-state index contributed by atoms with van der Waals surface area (Å²) in [4.78, 5) is 0.162. The summed E-state index contributed by atoms with van der Waals surface area (Å²) in [6, 6.07) is 4.71. The van der Waals surface area contributed by atoms with Gasteiger partial charge in [-0.1, -0.05) is 13.8 Å². The van der Waals surface area contributed by atoms with Crippen LogP contribution in [0.2, 0.25) is 0 Å². The van der Waals surface area contributed by atoms with Gasteiger partial charge in [0, 0.05) is 6.07 Å². The van der Waals surface area contributed by atoms with Gasteiger partial charge < -0.3 is 10.5 Å². The van der Waals surface area contributed by atoms with Gasteiger partial charge in [-0.05, 0) is 31.4 Å². The van der Waals surface area contributed by atoms with Crippen LogP contribution in [0.3, 0.4) is 0 Å². The average molecular weight is 271 g/mol. The molecule has 1 unspecified atom stereocenters. The molecule has 0 spiro atoms. The number of nitrogen functional groups attached to an aromatic ring is 1. The van der Waals surface area contributed by atoms with Gasteiger partial charge in [-0.15, -0.1) is 0 Å². The first-order valence-electron chi connectivity index (χ1n) is 5.96. The summed E-state index contributed by atoms with van der Waals surface area (Å²) in [5.74, 6) is 0.820. The van der Waals surface area contributed by atoms with Crippen LogP contribution < -0.4 is 10.5 Å². The molecule has 5 heteroatoms. The Morgan fingerprint density at radius 2 is 1.89 bits per heavy atom. The van der Waals surface area contributed by atoms with Gasteiger partial charge in [-0.3, -0.25) is 0 Å². The minimum atomic E-state index is -3.40. The van der Waals surface area contributed by atoms with Crippen molar-refractivity contribution in [2.75, 3.05) is 12.8 Å². The van der Waals surface area contributed by atoms with Crippen molar-refractivity contribution in [1.29, 1.82) is 0 Å². The molecule has 0 radical (unpaired) electrons. The Kier molecular flexibility index (Phi) is 4.62. The van der Waals surface area contributed by atoms with Crippen LogP contribution in [-0.2, 0) is 9.84 Å². The predicted octanol–water partition coefficient (Wildman–Crippen LogP) is 2.49. The fourth-order valence-corrected chi connectivity index (χ4v) is 3.64. The Morgan fingerprint density at radius 3 is 2.39 bits per heavy atom. The molecule has 2 N–H and O–H groups in total. The van der Waals surface area contributed by atoms with Crippen LogP contribution in [-0.4, -0.2) is 20.8 Å². The van der Waals surface area contributed by atoms with E-state index in [9.17, 15) is 8.42 Å². The Labute approximate surface area is 109 Å². The first kappa shape index (κ1) is 14.8. The van der Waals surface area contributed by atoms with Gasteiger partial charge in [0.05, 0.1) is 22.9 Å². The molecule has 102 valence electrons. The molecule has 1 rings (SSSR count). The first-order valence-corrected chi connectivity index (χ1v) is 7.51. The average Bonchev–Trinajstić information content (AvgIpc) is 2.28. The molecule has 1 aromatic rings. The zero-order chi connectivity index (χ0) is 13.9. The number of anilines is 1. The van der Waals surface area contributed by atoms with Crippen LogP contribution in [0.5, 0.6) is 5.75 Å². The van der Waals surface area contributed by atoms with E-state index in [1.54, 1.807) is 19.1 Å². The van der Waals surface area contributed by atoms with Gasteiger partial charge in [-0.2, -0.15) is 0 Å². The zero-order valence-electron chi connectivity index (χ0n) is 11.3. The SMILES string of the molecule is COc1ccc(N)c(S(=O)(=O)C(C)CC(C)C)c1. The molecule has 0 bridgehead atoms. The number of sulfone groups is 1. The summed E-state index contributed by atoms with van der Waals surface area (Å²) >= 11 is 0. The zero-order valence-corrected chi connectivity index (χ0v) is 12.1. The second-order valence-electron chi connectivity index (χ2n) is 4.89. The molecule has 0 fully saturated rings.